The summed E-state index contributed by atoms with van der Waals surface area (Å²) < 4.78 is 0. The van der Waals surface area contributed by atoms with Gasteiger partial charge < -0.3 is 5.43 Å². The number of piperidine rings is 1. The van der Waals surface area contributed by atoms with Crippen molar-refractivity contribution >= 4 is 12.4 Å². The molecule has 2 N–H and O–H groups in total. The van der Waals surface area contributed by atoms with Crippen molar-refractivity contribution < 1.29 is 0 Å². The minimum atomic E-state index is 0.660. The second-order valence-electron chi connectivity index (χ2n) is 5.32. The van der Waals surface area contributed by atoms with Gasteiger partial charge in [0.15, 0.2) is 0 Å². The molecule has 114 valence electrons. The average Bonchev–Trinajstić information content (AvgIpc) is 2.45. The normalized spacial score (nSPS) is 24.5. The van der Waals surface area contributed by atoms with Crippen LogP contribution < -0.4 is 10.7 Å². The summed E-state index contributed by atoms with van der Waals surface area (Å²) in [6, 6.07) is 0. The van der Waals surface area contributed by atoms with Gasteiger partial charge in [0, 0.05) is 32.2 Å². The van der Waals surface area contributed by atoms with Crippen LogP contribution in [0.1, 0.15) is 26.7 Å². The van der Waals surface area contributed by atoms with Crippen molar-refractivity contribution in [3.8, 4) is 0 Å². The molecule has 5 nitrogen and oxygen atoms in total. The summed E-state index contributed by atoms with van der Waals surface area (Å²) in [5.41, 5.74) is 3.17. The maximum absolute atomic E-state index is 4.19. The number of nitrogens with zero attached hydrogens (tertiary/aromatic N) is 3. The Bertz CT molecular complexity index is 313. The molecule has 2 atom stereocenters. The molecule has 0 bridgehead atoms. The zero-order valence-corrected chi connectivity index (χ0v) is 12.9. The highest BCUT2D eigenvalue weighted by molar-refractivity contribution is 5.69. The third-order valence-electron chi connectivity index (χ3n) is 3.63. The van der Waals surface area contributed by atoms with Gasteiger partial charge >= 0.3 is 0 Å². The van der Waals surface area contributed by atoms with Crippen LogP contribution in [0.25, 0.3) is 0 Å². The number of hydrogen-bond donors (Lipinski definition) is 2. The van der Waals surface area contributed by atoms with Crippen molar-refractivity contribution in [3.05, 3.63) is 12.7 Å². The van der Waals surface area contributed by atoms with Crippen molar-refractivity contribution in [2.45, 2.75) is 26.7 Å². The minimum Gasteiger partial charge on any atom is -0.310 e. The Morgan fingerprint density at radius 3 is 3.00 bits per heavy atom. The maximum Gasteiger partial charge on any atom is 0.0894 e. The van der Waals surface area contributed by atoms with Crippen molar-refractivity contribution in [1.82, 2.24) is 15.6 Å². The van der Waals surface area contributed by atoms with E-state index in [1.165, 1.54) is 6.42 Å². The summed E-state index contributed by atoms with van der Waals surface area (Å²) in [4.78, 5) is 6.62. The van der Waals surface area contributed by atoms with Gasteiger partial charge in [0.25, 0.3) is 0 Å². The van der Waals surface area contributed by atoms with E-state index in [0.717, 1.165) is 38.6 Å². The van der Waals surface area contributed by atoms with E-state index < -0.39 is 0 Å². The minimum absolute atomic E-state index is 0.660. The number of hydrazone groups is 1. The van der Waals surface area contributed by atoms with Crippen LogP contribution in [-0.4, -0.2) is 50.3 Å². The van der Waals surface area contributed by atoms with E-state index in [0.29, 0.717) is 12.6 Å². The molecular weight excluding hydrogens is 250 g/mol. The van der Waals surface area contributed by atoms with E-state index in [2.05, 4.69) is 46.2 Å². The molecule has 1 aliphatic heterocycles. The standard InChI is InChI=1S/C15H29N5/c1-4-7-16-12-17-13-20-9-6-15(14(3)11-20)10-19-18-8-5-2/h4,7-8,14-15,17,19H,1,5-6,9-13H2,2-3H3/b16-7-,18-8-. The topological polar surface area (TPSA) is 52.0 Å². The average molecular weight is 279 g/mol. The largest absolute Gasteiger partial charge is 0.310 e. The molecule has 0 spiro atoms. The third kappa shape index (κ3) is 6.82. The summed E-state index contributed by atoms with van der Waals surface area (Å²) in [5.74, 6) is 1.42. The maximum atomic E-state index is 4.19. The van der Waals surface area contributed by atoms with Gasteiger partial charge in [-0.1, -0.05) is 26.5 Å². The Balaban J connectivity index is 2.16. The molecule has 0 amide bonds. The number of hydrogen-bond acceptors (Lipinski definition) is 5. The van der Waals surface area contributed by atoms with Crippen LogP contribution in [0.15, 0.2) is 22.7 Å². The van der Waals surface area contributed by atoms with E-state index in [1.807, 2.05) is 6.21 Å². The van der Waals surface area contributed by atoms with E-state index >= 15 is 0 Å². The molecule has 0 aromatic heterocycles. The van der Waals surface area contributed by atoms with Crippen molar-refractivity contribution in [3.63, 3.8) is 0 Å². The second kappa shape index (κ2) is 10.6. The molecular formula is C15H29N5. The van der Waals surface area contributed by atoms with Crippen molar-refractivity contribution in [1.29, 1.82) is 0 Å². The van der Waals surface area contributed by atoms with Gasteiger partial charge in [-0.2, -0.15) is 5.10 Å². The van der Waals surface area contributed by atoms with Crippen LogP contribution in [0.3, 0.4) is 0 Å². The molecule has 1 fully saturated rings. The van der Waals surface area contributed by atoms with Gasteiger partial charge in [-0.05, 0) is 31.2 Å². The van der Waals surface area contributed by atoms with Gasteiger partial charge in [-0.25, -0.2) is 0 Å². The lowest BCUT2D eigenvalue weighted by Gasteiger charge is -2.36. The fraction of sp³-hybridized carbons (Fsp3) is 0.733. The Morgan fingerprint density at radius 2 is 2.30 bits per heavy atom. The quantitative estimate of drug-likeness (QED) is 0.384. The van der Waals surface area contributed by atoms with Crippen LogP contribution in [0, 0.1) is 11.8 Å². The molecule has 0 radical (unpaired) electrons. The van der Waals surface area contributed by atoms with E-state index in [4.69, 9.17) is 0 Å². The Kier molecular flexibility index (Phi) is 8.91. The van der Waals surface area contributed by atoms with Crippen LogP contribution in [0.4, 0.5) is 0 Å². The molecule has 20 heavy (non-hydrogen) atoms. The van der Waals surface area contributed by atoms with E-state index in [-0.39, 0.29) is 0 Å². The molecule has 1 heterocycles. The first kappa shape index (κ1) is 16.9. The highest BCUT2D eigenvalue weighted by atomic mass is 15.3. The zero-order valence-electron chi connectivity index (χ0n) is 12.9. The van der Waals surface area contributed by atoms with Gasteiger partial charge in [-0.15, -0.1) is 0 Å². The first-order valence-electron chi connectivity index (χ1n) is 7.56. The van der Waals surface area contributed by atoms with Gasteiger partial charge in [0.05, 0.1) is 6.67 Å². The molecule has 0 saturated carbocycles. The second-order valence-corrected chi connectivity index (χ2v) is 5.32. The number of aliphatic imine (C=N–C) groups is 1. The molecule has 2 unspecified atom stereocenters. The van der Waals surface area contributed by atoms with Crippen LogP contribution in [0.2, 0.25) is 0 Å². The molecule has 5 heteroatoms. The predicted molar refractivity (Wildman–Crippen MR) is 87.2 cm³/mol. The van der Waals surface area contributed by atoms with Crippen molar-refractivity contribution in [2.24, 2.45) is 21.9 Å². The van der Waals surface area contributed by atoms with Crippen LogP contribution in [-0.2, 0) is 0 Å². The third-order valence-corrected chi connectivity index (χ3v) is 3.63. The Labute approximate surface area is 123 Å². The van der Waals surface area contributed by atoms with E-state index in [1.54, 1.807) is 12.3 Å². The van der Waals surface area contributed by atoms with E-state index in [9.17, 15) is 0 Å². The molecule has 1 rings (SSSR count). The summed E-state index contributed by atoms with van der Waals surface area (Å²) >= 11 is 0. The van der Waals surface area contributed by atoms with Gasteiger partial charge in [-0.3, -0.25) is 15.2 Å². The summed E-state index contributed by atoms with van der Waals surface area (Å²) in [5, 5.41) is 7.52. The predicted octanol–water partition coefficient (Wildman–Crippen LogP) is 1.69. The highest BCUT2D eigenvalue weighted by Crippen LogP contribution is 2.22. The summed E-state index contributed by atoms with van der Waals surface area (Å²) in [6.07, 6.45) is 7.57. The lowest BCUT2D eigenvalue weighted by atomic mass is 9.87. The number of allylic oxidation sites excluding steroid dienone is 1. The molecule has 1 aliphatic rings. The number of rotatable bonds is 9. The number of nitrogens with one attached hydrogen (secondary N) is 2. The van der Waals surface area contributed by atoms with Crippen LogP contribution in [0.5, 0.6) is 0 Å². The lowest BCUT2D eigenvalue weighted by molar-refractivity contribution is 0.120. The highest BCUT2D eigenvalue weighted by Gasteiger charge is 2.25. The Morgan fingerprint density at radius 1 is 1.45 bits per heavy atom. The Hall–Kier alpha value is -1.20. The molecule has 0 aliphatic carbocycles. The van der Waals surface area contributed by atoms with Gasteiger partial charge in [0.1, 0.15) is 0 Å². The SMILES string of the molecule is C=C/C=N\CNCN1CCC(CN/N=C\CC)C(C)C1. The van der Waals surface area contributed by atoms with Gasteiger partial charge in [0.2, 0.25) is 0 Å². The van der Waals surface area contributed by atoms with Crippen LogP contribution >= 0.6 is 0 Å². The summed E-state index contributed by atoms with van der Waals surface area (Å²) in [7, 11) is 0. The fourth-order valence-corrected chi connectivity index (χ4v) is 2.45. The first-order valence-corrected chi connectivity index (χ1v) is 7.56. The molecule has 0 aromatic rings. The number of likely N-dealkylation sites (tertiary alicyclic amines) is 1. The van der Waals surface area contributed by atoms with Crippen molar-refractivity contribution in [2.75, 3.05) is 33.0 Å². The first-order chi connectivity index (χ1) is 9.77. The monoisotopic (exact) mass is 279 g/mol. The smallest absolute Gasteiger partial charge is 0.0894 e. The molecule has 1 saturated heterocycles. The zero-order chi connectivity index (χ0) is 14.6. The summed E-state index contributed by atoms with van der Waals surface area (Å²) in [6.45, 7) is 12.9. The molecule has 0 aromatic carbocycles. The lowest BCUT2D eigenvalue weighted by Crippen LogP contribution is -2.45. The fourth-order valence-electron chi connectivity index (χ4n) is 2.45.